The Morgan fingerprint density at radius 1 is 0.750 bits per heavy atom. The molecule has 0 heterocycles. The summed E-state index contributed by atoms with van der Waals surface area (Å²) in [6.07, 6.45) is 0. The van der Waals surface area contributed by atoms with E-state index in [9.17, 15) is 5.21 Å². The van der Waals surface area contributed by atoms with E-state index in [-0.39, 0.29) is 0 Å². The number of hydrogen-bond donors (Lipinski definition) is 1. The first-order valence-electron chi connectivity index (χ1n) is 6.13. The van der Waals surface area contributed by atoms with Gasteiger partial charge < -0.3 is 5.21 Å². The predicted molar refractivity (Wildman–Crippen MR) is 73.3 cm³/mol. The Labute approximate surface area is 117 Å². The van der Waals surface area contributed by atoms with Gasteiger partial charge in [0, 0.05) is 13.1 Å². The van der Waals surface area contributed by atoms with Crippen LogP contribution < -0.4 is 0 Å². The van der Waals surface area contributed by atoms with Gasteiger partial charge in [-0.2, -0.15) is 15.6 Å². The molecule has 2 aromatic carbocycles. The molecule has 2 rings (SSSR count). The molecule has 2 aromatic rings. The van der Waals surface area contributed by atoms with Crippen molar-refractivity contribution in [3.8, 4) is 12.1 Å². The highest BCUT2D eigenvalue weighted by atomic mass is 16.5. The second kappa shape index (κ2) is 6.49. The number of hydrogen-bond acceptors (Lipinski definition) is 4. The maximum absolute atomic E-state index is 9.91. The van der Waals surface area contributed by atoms with Crippen LogP contribution in [0.2, 0.25) is 0 Å². The van der Waals surface area contributed by atoms with Gasteiger partial charge >= 0.3 is 0 Å². The number of rotatable bonds is 4. The van der Waals surface area contributed by atoms with Gasteiger partial charge in [-0.05, 0) is 35.4 Å². The first-order chi connectivity index (χ1) is 9.71. The zero-order valence-electron chi connectivity index (χ0n) is 10.8. The van der Waals surface area contributed by atoms with Gasteiger partial charge in [-0.25, -0.2) is 0 Å². The molecule has 0 aliphatic heterocycles. The van der Waals surface area contributed by atoms with Gasteiger partial charge in [-0.15, -0.1) is 0 Å². The van der Waals surface area contributed by atoms with Gasteiger partial charge in [0.1, 0.15) is 0 Å². The van der Waals surface area contributed by atoms with E-state index in [1.165, 1.54) is 5.06 Å². The van der Waals surface area contributed by atoms with Crippen molar-refractivity contribution in [1.29, 1.82) is 10.5 Å². The van der Waals surface area contributed by atoms with E-state index in [1.54, 1.807) is 24.3 Å². The third-order valence-electron chi connectivity index (χ3n) is 2.90. The molecule has 0 saturated carbocycles. The van der Waals surface area contributed by atoms with Crippen molar-refractivity contribution in [2.75, 3.05) is 0 Å². The first-order valence-corrected chi connectivity index (χ1v) is 6.13. The van der Waals surface area contributed by atoms with E-state index < -0.39 is 0 Å². The summed E-state index contributed by atoms with van der Waals surface area (Å²) in [5.74, 6) is 0. The highest BCUT2D eigenvalue weighted by Crippen LogP contribution is 2.10. The van der Waals surface area contributed by atoms with Gasteiger partial charge in [-0.3, -0.25) is 0 Å². The Kier molecular flexibility index (Phi) is 4.47. The molecule has 0 fully saturated rings. The average molecular weight is 263 g/mol. The molecule has 20 heavy (non-hydrogen) atoms. The lowest BCUT2D eigenvalue weighted by Crippen LogP contribution is -2.18. The highest BCUT2D eigenvalue weighted by molar-refractivity contribution is 5.32. The smallest absolute Gasteiger partial charge is 0.0991 e. The van der Waals surface area contributed by atoms with Crippen molar-refractivity contribution in [2.45, 2.75) is 13.1 Å². The molecule has 1 N–H and O–H groups in total. The molecule has 0 saturated heterocycles. The average Bonchev–Trinajstić information content (AvgIpc) is 2.49. The summed E-state index contributed by atoms with van der Waals surface area (Å²) in [6.45, 7) is 0.761. The number of benzene rings is 2. The summed E-state index contributed by atoms with van der Waals surface area (Å²) >= 11 is 0. The molecule has 0 aliphatic carbocycles. The largest absolute Gasteiger partial charge is 0.313 e. The Balaban J connectivity index is 1.95. The molecule has 0 amide bonds. The summed E-state index contributed by atoms with van der Waals surface area (Å²) in [6, 6.07) is 18.3. The van der Waals surface area contributed by atoms with Crippen molar-refractivity contribution in [2.24, 2.45) is 0 Å². The number of hydroxylamine groups is 2. The van der Waals surface area contributed by atoms with Crippen LogP contribution in [0.5, 0.6) is 0 Å². The number of nitrogens with zero attached hydrogens (tertiary/aromatic N) is 3. The minimum absolute atomic E-state index is 0.381. The zero-order chi connectivity index (χ0) is 14.4. The summed E-state index contributed by atoms with van der Waals surface area (Å²) in [4.78, 5) is 0. The molecule has 0 bridgehead atoms. The van der Waals surface area contributed by atoms with Crippen molar-refractivity contribution >= 4 is 0 Å². The van der Waals surface area contributed by atoms with Gasteiger partial charge in [-0.1, -0.05) is 24.3 Å². The van der Waals surface area contributed by atoms with E-state index in [0.29, 0.717) is 24.2 Å². The molecule has 0 spiro atoms. The van der Waals surface area contributed by atoms with Crippen LogP contribution in [0.4, 0.5) is 0 Å². The Morgan fingerprint density at radius 2 is 1.10 bits per heavy atom. The summed E-state index contributed by atoms with van der Waals surface area (Å²) in [7, 11) is 0. The normalized spacial score (nSPS) is 10.0. The van der Waals surface area contributed by atoms with Crippen LogP contribution in [0.25, 0.3) is 0 Å². The van der Waals surface area contributed by atoms with Crippen LogP contribution >= 0.6 is 0 Å². The molecule has 0 unspecified atom stereocenters. The second-order valence-corrected chi connectivity index (χ2v) is 4.44. The van der Waals surface area contributed by atoms with Gasteiger partial charge in [0.15, 0.2) is 0 Å². The minimum atomic E-state index is 0.381. The predicted octanol–water partition coefficient (Wildman–Crippen LogP) is 2.82. The first kappa shape index (κ1) is 13.8. The van der Waals surface area contributed by atoms with E-state index in [4.69, 9.17) is 10.5 Å². The lowest BCUT2D eigenvalue weighted by atomic mass is 10.1. The lowest BCUT2D eigenvalue weighted by Gasteiger charge is -2.15. The maximum atomic E-state index is 9.91. The summed E-state index contributed by atoms with van der Waals surface area (Å²) < 4.78 is 0. The van der Waals surface area contributed by atoms with Gasteiger partial charge in [0.05, 0.1) is 23.3 Å². The molecule has 0 aromatic heterocycles. The van der Waals surface area contributed by atoms with E-state index >= 15 is 0 Å². The third kappa shape index (κ3) is 3.66. The van der Waals surface area contributed by atoms with Crippen molar-refractivity contribution < 1.29 is 5.21 Å². The van der Waals surface area contributed by atoms with Crippen molar-refractivity contribution in [3.05, 3.63) is 70.8 Å². The molecule has 4 heteroatoms. The molecular weight excluding hydrogens is 250 g/mol. The SMILES string of the molecule is N#Cc1ccc(CN(O)Cc2ccc(C#N)cc2)cc1. The lowest BCUT2D eigenvalue weighted by molar-refractivity contribution is -0.108. The van der Waals surface area contributed by atoms with Gasteiger partial charge in [0.25, 0.3) is 0 Å². The molecule has 98 valence electrons. The van der Waals surface area contributed by atoms with E-state index in [1.807, 2.05) is 24.3 Å². The third-order valence-corrected chi connectivity index (χ3v) is 2.90. The second-order valence-electron chi connectivity index (χ2n) is 4.44. The number of nitriles is 2. The van der Waals surface area contributed by atoms with Crippen LogP contribution in [0, 0.1) is 22.7 Å². The standard InChI is InChI=1S/C16H13N3O/c17-9-13-1-5-15(6-2-13)11-19(20)12-16-7-3-14(10-18)4-8-16/h1-8,20H,11-12H2. The highest BCUT2D eigenvalue weighted by Gasteiger charge is 2.04. The quantitative estimate of drug-likeness (QED) is 0.861. The Bertz CT molecular complexity index is 589. The molecule has 0 atom stereocenters. The van der Waals surface area contributed by atoms with Crippen LogP contribution in [-0.4, -0.2) is 10.3 Å². The van der Waals surface area contributed by atoms with Gasteiger partial charge in [0.2, 0.25) is 0 Å². The fourth-order valence-corrected chi connectivity index (χ4v) is 1.85. The zero-order valence-corrected chi connectivity index (χ0v) is 10.8. The monoisotopic (exact) mass is 263 g/mol. The maximum Gasteiger partial charge on any atom is 0.0991 e. The van der Waals surface area contributed by atoms with E-state index in [0.717, 1.165) is 11.1 Å². The fourth-order valence-electron chi connectivity index (χ4n) is 1.85. The topological polar surface area (TPSA) is 71.1 Å². The van der Waals surface area contributed by atoms with Crippen LogP contribution in [-0.2, 0) is 13.1 Å². The van der Waals surface area contributed by atoms with Crippen LogP contribution in [0.1, 0.15) is 22.3 Å². The Morgan fingerprint density at radius 3 is 1.40 bits per heavy atom. The fraction of sp³-hybridized carbons (Fsp3) is 0.125. The van der Waals surface area contributed by atoms with Crippen LogP contribution in [0.3, 0.4) is 0 Å². The Hall–Kier alpha value is -2.66. The summed E-state index contributed by atoms with van der Waals surface area (Å²) in [5.41, 5.74) is 3.07. The van der Waals surface area contributed by atoms with Crippen molar-refractivity contribution in [3.63, 3.8) is 0 Å². The van der Waals surface area contributed by atoms with Crippen LogP contribution in [0.15, 0.2) is 48.5 Å². The molecule has 0 aliphatic rings. The minimum Gasteiger partial charge on any atom is -0.313 e. The molecule has 4 nitrogen and oxygen atoms in total. The van der Waals surface area contributed by atoms with E-state index in [2.05, 4.69) is 12.1 Å². The summed E-state index contributed by atoms with van der Waals surface area (Å²) in [5, 5.41) is 28.5. The molecule has 0 radical (unpaired) electrons. The van der Waals surface area contributed by atoms with Crippen molar-refractivity contribution in [1.82, 2.24) is 5.06 Å². The molecular formula is C16H13N3O.